The molecule has 3 rings (SSSR count). The van der Waals surface area contributed by atoms with Crippen LogP contribution in [0.3, 0.4) is 0 Å². The Balaban J connectivity index is 1.88. The van der Waals surface area contributed by atoms with E-state index >= 15 is 0 Å². The van der Waals surface area contributed by atoms with Crippen LogP contribution in [0.5, 0.6) is 0 Å². The molecule has 2 nitrogen and oxygen atoms in total. The Morgan fingerprint density at radius 1 is 1.00 bits per heavy atom. The molecule has 0 aromatic carbocycles. The molecule has 1 heterocycles. The maximum absolute atomic E-state index is 10.0. The molecule has 3 aliphatic rings. The molecule has 2 saturated carbocycles. The van der Waals surface area contributed by atoms with Crippen LogP contribution in [-0.4, -0.2) is 24.3 Å². The first kappa shape index (κ1) is 6.44. The number of hydrogen-bond acceptors (Lipinski definition) is 2. The van der Waals surface area contributed by atoms with Crippen molar-refractivity contribution in [2.24, 2.45) is 10.8 Å². The molecule has 0 aromatic rings. The number of piperidine rings is 1. The summed E-state index contributed by atoms with van der Waals surface area (Å²) in [7, 11) is 0. The van der Waals surface area contributed by atoms with Crippen molar-refractivity contribution in [2.45, 2.75) is 31.8 Å². The maximum atomic E-state index is 10.0. The molecular weight excluding hydrogens is 138 g/mol. The van der Waals surface area contributed by atoms with Crippen LogP contribution in [0.1, 0.15) is 25.7 Å². The highest BCUT2D eigenvalue weighted by Gasteiger charge is 2.63. The second-order valence-electron chi connectivity index (χ2n) is 4.73. The van der Waals surface area contributed by atoms with Gasteiger partial charge < -0.3 is 10.4 Å². The summed E-state index contributed by atoms with van der Waals surface area (Å²) in [4.78, 5) is 0. The Morgan fingerprint density at radius 3 is 1.82 bits per heavy atom. The lowest BCUT2D eigenvalue weighted by Gasteiger charge is -2.36. The molecule has 0 radical (unpaired) electrons. The van der Waals surface area contributed by atoms with E-state index in [-0.39, 0.29) is 6.10 Å². The number of nitrogens with one attached hydrogen (secondary N) is 1. The quantitative estimate of drug-likeness (QED) is 0.531. The van der Waals surface area contributed by atoms with Crippen molar-refractivity contribution in [3.63, 3.8) is 0 Å². The van der Waals surface area contributed by atoms with Crippen molar-refractivity contribution < 1.29 is 5.11 Å². The average molecular weight is 153 g/mol. The van der Waals surface area contributed by atoms with Crippen molar-refractivity contribution in [1.82, 2.24) is 5.32 Å². The van der Waals surface area contributed by atoms with Gasteiger partial charge in [0.25, 0.3) is 0 Å². The van der Waals surface area contributed by atoms with E-state index in [0.717, 1.165) is 13.1 Å². The van der Waals surface area contributed by atoms with Gasteiger partial charge in [-0.05, 0) is 25.7 Å². The third-order valence-corrected chi connectivity index (χ3v) is 3.90. The number of aliphatic hydroxyl groups is 1. The number of hydrogen-bond donors (Lipinski definition) is 2. The van der Waals surface area contributed by atoms with Crippen LogP contribution < -0.4 is 5.32 Å². The van der Waals surface area contributed by atoms with E-state index in [1.807, 2.05) is 0 Å². The Morgan fingerprint density at radius 2 is 1.45 bits per heavy atom. The minimum atomic E-state index is 0.0243. The Kier molecular flexibility index (Phi) is 0.961. The van der Waals surface area contributed by atoms with Gasteiger partial charge in [0.05, 0.1) is 6.10 Å². The van der Waals surface area contributed by atoms with Gasteiger partial charge in [0.15, 0.2) is 0 Å². The summed E-state index contributed by atoms with van der Waals surface area (Å²) in [5.74, 6) is 0. The van der Waals surface area contributed by atoms with Crippen LogP contribution in [0.25, 0.3) is 0 Å². The van der Waals surface area contributed by atoms with Crippen LogP contribution in [0.2, 0.25) is 0 Å². The standard InChI is InChI=1S/C9H15NO/c11-7-8(1-2-8)5-10-6-9(7)3-4-9/h7,10-11H,1-6H2. The number of rotatable bonds is 0. The minimum Gasteiger partial charge on any atom is -0.392 e. The van der Waals surface area contributed by atoms with Crippen molar-refractivity contribution in [3.05, 3.63) is 0 Å². The zero-order valence-electron chi connectivity index (χ0n) is 6.77. The first-order valence-corrected chi connectivity index (χ1v) is 4.66. The summed E-state index contributed by atoms with van der Waals surface area (Å²) in [6, 6.07) is 0. The summed E-state index contributed by atoms with van der Waals surface area (Å²) in [6.45, 7) is 2.13. The zero-order valence-corrected chi connectivity index (χ0v) is 6.77. The highest BCUT2D eigenvalue weighted by molar-refractivity contribution is 5.15. The predicted molar refractivity (Wildman–Crippen MR) is 42.2 cm³/mol. The van der Waals surface area contributed by atoms with E-state index in [4.69, 9.17) is 0 Å². The summed E-state index contributed by atoms with van der Waals surface area (Å²) in [5.41, 5.74) is 0.656. The third-order valence-electron chi connectivity index (χ3n) is 3.90. The average Bonchev–Trinajstić information content (AvgIpc) is 2.82. The Bertz CT molecular complexity index is 174. The second kappa shape index (κ2) is 1.64. The van der Waals surface area contributed by atoms with Crippen molar-refractivity contribution >= 4 is 0 Å². The maximum Gasteiger partial charge on any atom is 0.0676 e. The van der Waals surface area contributed by atoms with Crippen LogP contribution in [0.15, 0.2) is 0 Å². The monoisotopic (exact) mass is 153 g/mol. The van der Waals surface area contributed by atoms with Gasteiger partial charge in [-0.1, -0.05) is 0 Å². The van der Waals surface area contributed by atoms with Gasteiger partial charge in [-0.15, -0.1) is 0 Å². The van der Waals surface area contributed by atoms with Gasteiger partial charge in [-0.25, -0.2) is 0 Å². The molecule has 62 valence electrons. The largest absolute Gasteiger partial charge is 0.392 e. The highest BCUT2D eigenvalue weighted by Crippen LogP contribution is 2.62. The normalized spacial score (nSPS) is 37.9. The van der Waals surface area contributed by atoms with Crippen molar-refractivity contribution in [3.8, 4) is 0 Å². The first-order valence-electron chi connectivity index (χ1n) is 4.66. The molecule has 3 fully saturated rings. The van der Waals surface area contributed by atoms with Gasteiger partial charge in [-0.2, -0.15) is 0 Å². The Hall–Kier alpha value is -0.0800. The molecular formula is C9H15NO. The van der Waals surface area contributed by atoms with E-state index in [2.05, 4.69) is 5.32 Å². The smallest absolute Gasteiger partial charge is 0.0676 e. The molecule has 2 heteroatoms. The second-order valence-corrected chi connectivity index (χ2v) is 4.73. The first-order chi connectivity index (χ1) is 5.28. The van der Waals surface area contributed by atoms with E-state index in [1.165, 1.54) is 25.7 Å². The van der Waals surface area contributed by atoms with Crippen LogP contribution >= 0.6 is 0 Å². The number of aliphatic hydroxyl groups excluding tert-OH is 1. The van der Waals surface area contributed by atoms with Crippen LogP contribution in [0, 0.1) is 10.8 Å². The molecule has 0 amide bonds. The Labute approximate surface area is 67.0 Å². The van der Waals surface area contributed by atoms with Gasteiger partial charge >= 0.3 is 0 Å². The molecule has 11 heavy (non-hydrogen) atoms. The predicted octanol–water partition coefficient (Wildman–Crippen LogP) is 0.511. The zero-order chi connectivity index (χ0) is 7.53. The molecule has 2 aliphatic carbocycles. The highest BCUT2D eigenvalue weighted by atomic mass is 16.3. The summed E-state index contributed by atoms with van der Waals surface area (Å²) in [5, 5.41) is 13.5. The van der Waals surface area contributed by atoms with Gasteiger partial charge in [0.1, 0.15) is 0 Å². The molecule has 0 aromatic heterocycles. The minimum absolute atomic E-state index is 0.0243. The van der Waals surface area contributed by atoms with Crippen LogP contribution in [0.4, 0.5) is 0 Å². The molecule has 0 atom stereocenters. The van der Waals surface area contributed by atoms with Gasteiger partial charge in [0.2, 0.25) is 0 Å². The van der Waals surface area contributed by atoms with Gasteiger partial charge in [-0.3, -0.25) is 0 Å². The van der Waals surface area contributed by atoms with Crippen LogP contribution in [-0.2, 0) is 0 Å². The fraction of sp³-hybridized carbons (Fsp3) is 1.00. The lowest BCUT2D eigenvalue weighted by Crippen LogP contribution is -2.49. The molecule has 1 saturated heterocycles. The third kappa shape index (κ3) is 0.695. The van der Waals surface area contributed by atoms with E-state index in [9.17, 15) is 5.11 Å². The lowest BCUT2D eigenvalue weighted by molar-refractivity contribution is 0.000503. The molecule has 2 N–H and O–H groups in total. The summed E-state index contributed by atoms with van der Waals surface area (Å²) >= 11 is 0. The summed E-state index contributed by atoms with van der Waals surface area (Å²) < 4.78 is 0. The molecule has 1 aliphatic heterocycles. The molecule has 2 spiro atoms. The van der Waals surface area contributed by atoms with E-state index < -0.39 is 0 Å². The SMILES string of the molecule is OC1C2(CC2)CNCC12CC2. The van der Waals surface area contributed by atoms with E-state index in [1.54, 1.807) is 0 Å². The fourth-order valence-electron chi connectivity index (χ4n) is 2.62. The molecule has 0 unspecified atom stereocenters. The van der Waals surface area contributed by atoms with Gasteiger partial charge in [0, 0.05) is 23.9 Å². The molecule has 0 bridgehead atoms. The van der Waals surface area contributed by atoms with Crippen molar-refractivity contribution in [2.75, 3.05) is 13.1 Å². The topological polar surface area (TPSA) is 32.3 Å². The van der Waals surface area contributed by atoms with Crippen molar-refractivity contribution in [1.29, 1.82) is 0 Å². The van der Waals surface area contributed by atoms with E-state index in [0.29, 0.717) is 10.8 Å². The summed E-state index contributed by atoms with van der Waals surface area (Å²) in [6.07, 6.45) is 5.04. The fourth-order valence-corrected chi connectivity index (χ4v) is 2.62. The lowest BCUT2D eigenvalue weighted by atomic mass is 9.82.